The number of alkyl halides is 2. The average molecular weight is 459 g/mol. The minimum Gasteiger partial charge on any atom is -0.479 e. The predicted octanol–water partition coefficient (Wildman–Crippen LogP) is 3.86. The third kappa shape index (κ3) is 5.39. The van der Waals surface area contributed by atoms with Crippen LogP contribution in [0.2, 0.25) is 0 Å². The van der Waals surface area contributed by atoms with Crippen LogP contribution in [-0.2, 0) is 6.54 Å². The largest absolute Gasteiger partial charge is 0.479 e. The fourth-order valence-electron chi connectivity index (χ4n) is 3.85. The molecule has 176 valence electrons. The van der Waals surface area contributed by atoms with Gasteiger partial charge in [0.05, 0.1) is 32.5 Å². The van der Waals surface area contributed by atoms with E-state index >= 15 is 0 Å². The molecule has 1 aliphatic rings. The van der Waals surface area contributed by atoms with Gasteiger partial charge in [-0.15, -0.1) is 0 Å². The van der Waals surface area contributed by atoms with Crippen molar-refractivity contribution in [3.05, 3.63) is 48.0 Å². The maximum Gasteiger partial charge on any atom is 0.240 e. The lowest BCUT2D eigenvalue weighted by molar-refractivity contribution is 0.116. The van der Waals surface area contributed by atoms with Gasteiger partial charge in [-0.1, -0.05) is 0 Å². The molecule has 33 heavy (non-hydrogen) atoms. The minimum atomic E-state index is -0.704. The first-order chi connectivity index (χ1) is 16.0. The summed E-state index contributed by atoms with van der Waals surface area (Å²) in [6.07, 6.45) is 3.55. The molecule has 3 aromatic rings. The van der Waals surface area contributed by atoms with E-state index in [9.17, 15) is 8.78 Å². The number of aromatic nitrogens is 4. The zero-order chi connectivity index (χ0) is 23.4. The molecule has 1 N–H and O–H groups in total. The van der Waals surface area contributed by atoms with Gasteiger partial charge in [-0.3, -0.25) is 13.7 Å². The summed E-state index contributed by atoms with van der Waals surface area (Å²) >= 11 is 0. The molecule has 0 saturated carbocycles. The number of pyridine rings is 2. The smallest absolute Gasteiger partial charge is 0.240 e. The lowest BCUT2D eigenvalue weighted by atomic mass is 10.0. The quantitative estimate of drug-likeness (QED) is 0.549. The summed E-state index contributed by atoms with van der Waals surface area (Å²) in [4.78, 5) is 15.5. The highest BCUT2D eigenvalue weighted by atomic mass is 19.1. The molecule has 0 aromatic carbocycles. The molecular weight excluding hydrogens is 430 g/mol. The molecule has 0 aliphatic carbocycles. The van der Waals surface area contributed by atoms with Gasteiger partial charge in [-0.25, -0.2) is 4.98 Å². The molecule has 4 rings (SSSR count). The molecular formula is C23H28F2N6O2. The van der Waals surface area contributed by atoms with E-state index in [1.165, 1.54) is 0 Å². The summed E-state index contributed by atoms with van der Waals surface area (Å²) in [6.45, 7) is 1.72. The van der Waals surface area contributed by atoms with Crippen LogP contribution in [0.25, 0.3) is 5.69 Å². The molecule has 1 unspecified atom stereocenters. The zero-order valence-electron chi connectivity index (χ0n) is 19.0. The van der Waals surface area contributed by atoms with Crippen LogP contribution in [0.4, 0.5) is 20.4 Å². The van der Waals surface area contributed by atoms with E-state index in [-0.39, 0.29) is 6.10 Å². The van der Waals surface area contributed by atoms with Crippen LogP contribution in [0.3, 0.4) is 0 Å². The number of anilines is 2. The van der Waals surface area contributed by atoms with Crippen molar-refractivity contribution in [3.63, 3.8) is 0 Å². The topological polar surface area (TPSA) is 77.3 Å². The fraction of sp³-hybridized carbons (Fsp3) is 0.435. The van der Waals surface area contributed by atoms with Gasteiger partial charge in [0.2, 0.25) is 11.8 Å². The Kier molecular flexibility index (Phi) is 7.02. The Labute approximate surface area is 191 Å². The van der Waals surface area contributed by atoms with E-state index < -0.39 is 19.3 Å². The summed E-state index contributed by atoms with van der Waals surface area (Å²) in [6, 6.07) is 7.49. The molecule has 0 spiro atoms. The summed E-state index contributed by atoms with van der Waals surface area (Å²) in [5.41, 5.74) is 2.57. The van der Waals surface area contributed by atoms with Crippen molar-refractivity contribution in [3.8, 4) is 17.4 Å². The van der Waals surface area contributed by atoms with Crippen LogP contribution in [-0.4, -0.2) is 64.6 Å². The van der Waals surface area contributed by atoms with Crippen molar-refractivity contribution in [2.24, 2.45) is 5.92 Å². The first kappa shape index (κ1) is 22.9. The molecule has 3 aromatic heterocycles. The van der Waals surface area contributed by atoms with Crippen LogP contribution in [0, 0.1) is 12.8 Å². The number of hydrogen-bond donors (Lipinski definition) is 1. The second-order valence-corrected chi connectivity index (χ2v) is 8.28. The Morgan fingerprint density at radius 1 is 1.18 bits per heavy atom. The molecule has 0 saturated heterocycles. The summed E-state index contributed by atoms with van der Waals surface area (Å²) in [5, 5.41) is 3.18. The van der Waals surface area contributed by atoms with Gasteiger partial charge < -0.3 is 19.4 Å². The Bertz CT molecular complexity index is 1090. The van der Waals surface area contributed by atoms with Crippen molar-refractivity contribution >= 4 is 11.6 Å². The number of rotatable bonds is 8. The Morgan fingerprint density at radius 2 is 1.94 bits per heavy atom. The minimum absolute atomic E-state index is 0.296. The van der Waals surface area contributed by atoms with Crippen LogP contribution >= 0.6 is 0 Å². The Morgan fingerprint density at radius 3 is 2.64 bits per heavy atom. The lowest BCUT2D eigenvalue weighted by Crippen LogP contribution is -2.32. The molecule has 0 fully saturated rings. The van der Waals surface area contributed by atoms with Gasteiger partial charge in [0.25, 0.3) is 0 Å². The van der Waals surface area contributed by atoms with E-state index in [4.69, 9.17) is 9.47 Å². The van der Waals surface area contributed by atoms with Gasteiger partial charge in [-0.2, -0.15) is 9.97 Å². The number of nitrogens with one attached hydrogen (secondary N) is 1. The molecule has 1 aliphatic heterocycles. The van der Waals surface area contributed by atoms with Gasteiger partial charge >= 0.3 is 0 Å². The van der Waals surface area contributed by atoms with Crippen LogP contribution in [0.1, 0.15) is 17.7 Å². The highest BCUT2D eigenvalue weighted by molar-refractivity contribution is 5.57. The second-order valence-electron chi connectivity index (χ2n) is 8.28. The number of likely N-dealkylation sites (N-methyl/N-ethyl adjacent to an activating group) is 1. The molecule has 10 heteroatoms. The molecule has 0 radical (unpaired) electrons. The van der Waals surface area contributed by atoms with E-state index in [1.807, 2.05) is 49.0 Å². The second kappa shape index (κ2) is 10.1. The normalized spacial score (nSPS) is 16.2. The van der Waals surface area contributed by atoms with Gasteiger partial charge in [-0.05, 0) is 44.7 Å². The molecule has 1 atom stereocenters. The van der Waals surface area contributed by atoms with Crippen LogP contribution < -0.4 is 14.8 Å². The summed E-state index contributed by atoms with van der Waals surface area (Å²) < 4.78 is 39.5. The maximum atomic E-state index is 13.1. The highest BCUT2D eigenvalue weighted by Gasteiger charge is 2.25. The van der Waals surface area contributed by atoms with Crippen molar-refractivity contribution in [2.75, 3.05) is 39.4 Å². The van der Waals surface area contributed by atoms with Crippen molar-refractivity contribution in [1.82, 2.24) is 24.4 Å². The number of nitrogens with zero attached hydrogens (tertiary/aromatic N) is 5. The Balaban J connectivity index is 1.54. The number of fused-ring (bicyclic) bond motifs is 1. The van der Waals surface area contributed by atoms with Crippen molar-refractivity contribution in [2.45, 2.75) is 26.0 Å². The van der Waals surface area contributed by atoms with Crippen LogP contribution in [0.15, 0.2) is 36.8 Å². The number of aryl methyl sites for hydroxylation is 1. The monoisotopic (exact) mass is 458 g/mol. The molecule has 4 heterocycles. The number of imidazole rings is 1. The lowest BCUT2D eigenvalue weighted by Gasteiger charge is -2.22. The maximum absolute atomic E-state index is 13.1. The standard InChI is InChI=1S/C23H28F2N6O2/c1-15-11-31(14-26-15)19-5-7-21(29-23(19)32-3)27-20-6-4-17-12-30(2)13-18(33-22(17)28-20)8-16(9-24)10-25/h4-7,11,14,16,18H,8-10,12-13H2,1-3H3,(H,27,28,29). The number of methoxy groups -OCH3 is 1. The number of hydrogen-bond acceptors (Lipinski definition) is 7. The first-order valence-corrected chi connectivity index (χ1v) is 10.8. The highest BCUT2D eigenvalue weighted by Crippen LogP contribution is 2.29. The third-order valence-electron chi connectivity index (χ3n) is 5.49. The molecule has 0 amide bonds. The summed E-state index contributed by atoms with van der Waals surface area (Å²) in [7, 11) is 3.52. The van der Waals surface area contributed by atoms with E-state index in [0.717, 1.165) is 16.9 Å². The first-order valence-electron chi connectivity index (χ1n) is 10.8. The predicted molar refractivity (Wildman–Crippen MR) is 121 cm³/mol. The molecule has 0 bridgehead atoms. The van der Waals surface area contributed by atoms with Crippen LogP contribution in [0.5, 0.6) is 11.8 Å². The number of ether oxygens (including phenoxy) is 2. The summed E-state index contributed by atoms with van der Waals surface area (Å²) in [5.74, 6) is 1.33. The van der Waals surface area contributed by atoms with Crippen molar-refractivity contribution < 1.29 is 18.3 Å². The fourth-order valence-corrected chi connectivity index (χ4v) is 3.85. The van der Waals surface area contributed by atoms with Gasteiger partial charge in [0, 0.05) is 30.8 Å². The average Bonchev–Trinajstić information content (AvgIpc) is 3.17. The molecule has 8 nitrogen and oxygen atoms in total. The Hall–Kier alpha value is -3.27. The van der Waals surface area contributed by atoms with E-state index in [2.05, 4.69) is 25.2 Å². The van der Waals surface area contributed by atoms with E-state index in [0.29, 0.717) is 42.9 Å². The van der Waals surface area contributed by atoms with Crippen molar-refractivity contribution in [1.29, 1.82) is 0 Å². The third-order valence-corrected chi connectivity index (χ3v) is 5.49. The SMILES string of the molecule is COc1nc(Nc2ccc3c(n2)OC(CC(CF)CF)CN(C)C3)ccc1-n1cnc(C)c1. The van der Waals surface area contributed by atoms with E-state index in [1.54, 1.807) is 13.4 Å². The van der Waals surface area contributed by atoms with Gasteiger partial charge in [0.15, 0.2) is 0 Å². The van der Waals surface area contributed by atoms with Gasteiger partial charge in [0.1, 0.15) is 23.4 Å². The number of halogens is 2. The zero-order valence-corrected chi connectivity index (χ0v) is 19.0.